The van der Waals surface area contributed by atoms with Gasteiger partial charge in [-0.3, -0.25) is 4.79 Å². The van der Waals surface area contributed by atoms with Crippen molar-refractivity contribution >= 4 is 28.5 Å². The van der Waals surface area contributed by atoms with E-state index in [0.29, 0.717) is 5.75 Å². The van der Waals surface area contributed by atoms with Crippen molar-refractivity contribution in [2.45, 2.75) is 26.3 Å². The monoisotopic (exact) mass is 409 g/mol. The molecule has 4 heteroatoms. The van der Waals surface area contributed by atoms with Crippen LogP contribution in [0.3, 0.4) is 0 Å². The molecular weight excluding hydrogens is 389 g/mol. The van der Waals surface area contributed by atoms with Crippen LogP contribution in [-0.4, -0.2) is 12.5 Å². The van der Waals surface area contributed by atoms with Gasteiger partial charge in [0.05, 0.1) is 6.04 Å². The maximum atomic E-state index is 12.1. The third kappa shape index (κ3) is 5.02. The van der Waals surface area contributed by atoms with Gasteiger partial charge < -0.3 is 10.1 Å². The van der Waals surface area contributed by atoms with Gasteiger partial charge in [0.2, 0.25) is 0 Å². The van der Waals surface area contributed by atoms with Crippen LogP contribution in [0.25, 0.3) is 0 Å². The first kappa shape index (κ1) is 16.8. The first-order valence-electron chi connectivity index (χ1n) is 7.32. The summed E-state index contributed by atoms with van der Waals surface area (Å²) in [6.07, 6.45) is 0.846. The minimum absolute atomic E-state index is 0.0217. The van der Waals surface area contributed by atoms with E-state index in [1.54, 1.807) is 0 Å². The van der Waals surface area contributed by atoms with Crippen LogP contribution < -0.4 is 10.1 Å². The number of carbonyl (C=O) groups excluding carboxylic acids is 1. The predicted molar refractivity (Wildman–Crippen MR) is 97.0 cm³/mol. The molecule has 1 atom stereocenters. The predicted octanol–water partition coefficient (Wildman–Crippen LogP) is 4.25. The van der Waals surface area contributed by atoms with Crippen LogP contribution in [0, 0.1) is 10.5 Å². The average Bonchev–Trinajstić information content (AvgIpc) is 2.53. The third-order valence-electron chi connectivity index (χ3n) is 3.41. The molecule has 0 aliphatic heterocycles. The van der Waals surface area contributed by atoms with Crippen LogP contribution in [0.4, 0.5) is 0 Å². The van der Waals surface area contributed by atoms with Crippen LogP contribution in [0.5, 0.6) is 5.75 Å². The number of halogens is 1. The minimum Gasteiger partial charge on any atom is -0.484 e. The highest BCUT2D eigenvalue weighted by Gasteiger charge is 2.13. The highest BCUT2D eigenvalue weighted by molar-refractivity contribution is 14.1. The summed E-state index contributed by atoms with van der Waals surface area (Å²) in [5, 5.41) is 3.02. The Morgan fingerprint density at radius 3 is 2.36 bits per heavy atom. The number of rotatable bonds is 6. The number of nitrogens with one attached hydrogen (secondary N) is 1. The molecule has 0 fully saturated rings. The summed E-state index contributed by atoms with van der Waals surface area (Å²) < 4.78 is 6.65. The van der Waals surface area contributed by atoms with Crippen LogP contribution in [0.15, 0.2) is 48.5 Å². The SMILES string of the molecule is CCC(NC(=O)COc1ccc(I)cc1)c1ccc(C)cc1. The molecule has 0 aliphatic carbocycles. The first-order valence-corrected chi connectivity index (χ1v) is 8.40. The second kappa shape index (κ2) is 8.17. The number of carbonyl (C=O) groups is 1. The van der Waals surface area contributed by atoms with Gasteiger partial charge in [0.1, 0.15) is 5.75 Å². The molecule has 0 aliphatic rings. The Bertz CT molecular complexity index is 608. The van der Waals surface area contributed by atoms with Gasteiger partial charge in [-0.2, -0.15) is 0 Å². The molecular formula is C18H20INO2. The maximum absolute atomic E-state index is 12.1. The lowest BCUT2D eigenvalue weighted by Gasteiger charge is -2.18. The standard InChI is InChI=1S/C18H20INO2/c1-3-17(14-6-4-13(2)5-7-14)20-18(21)12-22-16-10-8-15(19)9-11-16/h4-11,17H,3,12H2,1-2H3,(H,20,21). The van der Waals surface area contributed by atoms with Gasteiger partial charge in [-0.15, -0.1) is 0 Å². The second-order valence-corrected chi connectivity index (χ2v) is 6.43. The summed E-state index contributed by atoms with van der Waals surface area (Å²) >= 11 is 2.23. The summed E-state index contributed by atoms with van der Waals surface area (Å²) in [5.74, 6) is 0.602. The van der Waals surface area contributed by atoms with Crippen molar-refractivity contribution in [3.63, 3.8) is 0 Å². The van der Waals surface area contributed by atoms with Gasteiger partial charge in [0.25, 0.3) is 5.91 Å². The summed E-state index contributed by atoms with van der Waals surface area (Å²) in [6, 6.07) is 15.9. The molecule has 3 nitrogen and oxygen atoms in total. The Morgan fingerprint density at radius 2 is 1.77 bits per heavy atom. The Hall–Kier alpha value is -1.56. The van der Waals surface area contributed by atoms with Crippen LogP contribution in [0.2, 0.25) is 0 Å². The van der Waals surface area contributed by atoms with Crippen LogP contribution >= 0.6 is 22.6 Å². The van der Waals surface area contributed by atoms with Crippen LogP contribution in [-0.2, 0) is 4.79 Å². The van der Waals surface area contributed by atoms with Crippen molar-refractivity contribution in [3.8, 4) is 5.75 Å². The molecule has 22 heavy (non-hydrogen) atoms. The molecule has 0 heterocycles. The van der Waals surface area contributed by atoms with E-state index in [1.165, 1.54) is 5.56 Å². The Morgan fingerprint density at radius 1 is 1.14 bits per heavy atom. The maximum Gasteiger partial charge on any atom is 0.258 e. The van der Waals surface area contributed by atoms with Crippen molar-refractivity contribution < 1.29 is 9.53 Å². The average molecular weight is 409 g/mol. The van der Waals surface area contributed by atoms with Crippen molar-refractivity contribution in [2.75, 3.05) is 6.61 Å². The smallest absolute Gasteiger partial charge is 0.258 e. The van der Waals surface area contributed by atoms with Crippen molar-refractivity contribution in [3.05, 3.63) is 63.2 Å². The first-order chi connectivity index (χ1) is 10.6. The molecule has 1 unspecified atom stereocenters. The molecule has 0 bridgehead atoms. The highest BCUT2D eigenvalue weighted by atomic mass is 127. The molecule has 2 aromatic carbocycles. The quantitative estimate of drug-likeness (QED) is 0.725. The Labute approximate surface area is 145 Å². The van der Waals surface area contributed by atoms with Crippen molar-refractivity contribution in [1.82, 2.24) is 5.32 Å². The molecule has 2 aromatic rings. The second-order valence-electron chi connectivity index (χ2n) is 5.18. The molecule has 1 amide bonds. The van der Waals surface area contributed by atoms with E-state index >= 15 is 0 Å². The normalized spacial score (nSPS) is 11.8. The fraction of sp³-hybridized carbons (Fsp3) is 0.278. The molecule has 1 N–H and O–H groups in total. The molecule has 0 aromatic heterocycles. The van der Waals surface area contributed by atoms with E-state index in [2.05, 4.69) is 66.0 Å². The topological polar surface area (TPSA) is 38.3 Å². The number of hydrogen-bond acceptors (Lipinski definition) is 2. The van der Waals surface area contributed by atoms with Gasteiger partial charge >= 0.3 is 0 Å². The summed E-state index contributed by atoms with van der Waals surface area (Å²) in [4.78, 5) is 12.1. The van der Waals surface area contributed by atoms with E-state index in [0.717, 1.165) is 15.6 Å². The van der Waals surface area contributed by atoms with Gasteiger partial charge in [-0.05, 0) is 65.8 Å². The summed E-state index contributed by atoms with van der Waals surface area (Å²) in [6.45, 7) is 4.14. The van der Waals surface area contributed by atoms with Gasteiger partial charge in [0.15, 0.2) is 6.61 Å². The van der Waals surface area contributed by atoms with E-state index in [1.807, 2.05) is 24.3 Å². The zero-order valence-corrected chi connectivity index (χ0v) is 15.0. The number of ether oxygens (including phenoxy) is 1. The molecule has 116 valence electrons. The largest absolute Gasteiger partial charge is 0.484 e. The number of amides is 1. The molecule has 0 saturated heterocycles. The number of benzene rings is 2. The van der Waals surface area contributed by atoms with E-state index in [9.17, 15) is 4.79 Å². The zero-order valence-electron chi connectivity index (χ0n) is 12.8. The van der Waals surface area contributed by atoms with Crippen molar-refractivity contribution in [2.24, 2.45) is 0 Å². The Kier molecular flexibility index (Phi) is 6.24. The number of hydrogen-bond donors (Lipinski definition) is 1. The fourth-order valence-electron chi connectivity index (χ4n) is 2.14. The molecule has 0 saturated carbocycles. The van der Waals surface area contributed by atoms with E-state index in [-0.39, 0.29) is 18.6 Å². The summed E-state index contributed by atoms with van der Waals surface area (Å²) in [5.41, 5.74) is 2.34. The van der Waals surface area contributed by atoms with Gasteiger partial charge in [-0.25, -0.2) is 0 Å². The molecule has 0 spiro atoms. The van der Waals surface area contributed by atoms with Crippen LogP contribution in [0.1, 0.15) is 30.5 Å². The lowest BCUT2D eigenvalue weighted by molar-refractivity contribution is -0.123. The van der Waals surface area contributed by atoms with E-state index < -0.39 is 0 Å². The van der Waals surface area contributed by atoms with Gasteiger partial charge in [-0.1, -0.05) is 36.8 Å². The highest BCUT2D eigenvalue weighted by Crippen LogP contribution is 2.17. The lowest BCUT2D eigenvalue weighted by Crippen LogP contribution is -2.32. The van der Waals surface area contributed by atoms with Gasteiger partial charge in [0, 0.05) is 3.57 Å². The lowest BCUT2D eigenvalue weighted by atomic mass is 10.0. The fourth-order valence-corrected chi connectivity index (χ4v) is 2.50. The zero-order chi connectivity index (χ0) is 15.9. The minimum atomic E-state index is -0.106. The number of aryl methyl sites for hydroxylation is 1. The summed E-state index contributed by atoms with van der Waals surface area (Å²) in [7, 11) is 0. The van der Waals surface area contributed by atoms with Crippen molar-refractivity contribution in [1.29, 1.82) is 0 Å². The van der Waals surface area contributed by atoms with E-state index in [4.69, 9.17) is 4.74 Å². The third-order valence-corrected chi connectivity index (χ3v) is 4.13. The molecule has 2 rings (SSSR count). The molecule has 0 radical (unpaired) electrons. The Balaban J connectivity index is 1.89.